The fourth-order valence-corrected chi connectivity index (χ4v) is 3.75. The highest BCUT2D eigenvalue weighted by atomic mass is 32.2. The van der Waals surface area contributed by atoms with Crippen LogP contribution in [0.1, 0.15) is 27.7 Å². The van der Waals surface area contributed by atoms with Crippen molar-refractivity contribution in [1.82, 2.24) is 0 Å². The van der Waals surface area contributed by atoms with Crippen LogP contribution >= 0.6 is 0 Å². The summed E-state index contributed by atoms with van der Waals surface area (Å²) in [6.45, 7) is 4.91. The van der Waals surface area contributed by atoms with Crippen molar-refractivity contribution in [3.8, 4) is 0 Å². The average molecular weight is 422 g/mol. The highest BCUT2D eigenvalue weighted by molar-refractivity contribution is 7.87. The first-order chi connectivity index (χ1) is 12.1. The van der Waals surface area contributed by atoms with Crippen molar-refractivity contribution >= 4 is 10.1 Å². The fourth-order valence-electron chi connectivity index (χ4n) is 3.27. The number of ether oxygens (including phenoxy) is 5. The van der Waals surface area contributed by atoms with Crippen molar-refractivity contribution in [3.05, 3.63) is 0 Å². The van der Waals surface area contributed by atoms with Crippen LogP contribution in [0.3, 0.4) is 0 Å². The molecule has 3 heterocycles. The van der Waals surface area contributed by atoms with Crippen LogP contribution in [0.2, 0.25) is 0 Å². The van der Waals surface area contributed by atoms with Crippen molar-refractivity contribution in [2.45, 2.75) is 75.0 Å². The van der Waals surface area contributed by atoms with Gasteiger partial charge in [-0.2, -0.15) is 21.6 Å². The number of hydrogen-bond acceptors (Lipinski definition) is 9. The summed E-state index contributed by atoms with van der Waals surface area (Å²) in [4.78, 5) is 0. The lowest BCUT2D eigenvalue weighted by atomic mass is 9.90. The molecule has 9 nitrogen and oxygen atoms in total. The Hall–Kier alpha value is -0.540. The first kappa shape index (κ1) is 21.2. The second-order valence-electron chi connectivity index (χ2n) is 7.50. The van der Waals surface area contributed by atoms with Crippen LogP contribution in [0.5, 0.6) is 0 Å². The van der Waals surface area contributed by atoms with Crippen molar-refractivity contribution in [3.63, 3.8) is 0 Å². The molecule has 0 unspecified atom stereocenters. The van der Waals surface area contributed by atoms with Gasteiger partial charge in [-0.05, 0) is 27.7 Å². The molecule has 13 heteroatoms. The minimum absolute atomic E-state index is 0.0468. The van der Waals surface area contributed by atoms with Crippen LogP contribution in [-0.4, -0.2) is 74.0 Å². The lowest BCUT2D eigenvalue weighted by Crippen LogP contribution is -2.57. The molecule has 0 aromatic carbocycles. The van der Waals surface area contributed by atoms with Crippen molar-refractivity contribution < 1.29 is 54.6 Å². The Bertz CT molecular complexity index is 692. The largest absolute Gasteiger partial charge is 0.523 e. The Kier molecular flexibility index (Phi) is 4.88. The van der Waals surface area contributed by atoms with Crippen molar-refractivity contribution in [2.75, 3.05) is 13.2 Å². The quantitative estimate of drug-likeness (QED) is 0.515. The van der Waals surface area contributed by atoms with E-state index in [2.05, 4.69) is 4.18 Å². The molecule has 0 amide bonds. The Labute approximate surface area is 153 Å². The first-order valence-electron chi connectivity index (χ1n) is 8.07. The van der Waals surface area contributed by atoms with Gasteiger partial charge in [-0.1, -0.05) is 0 Å². The van der Waals surface area contributed by atoms with Gasteiger partial charge in [0, 0.05) is 0 Å². The highest BCUT2D eigenvalue weighted by Crippen LogP contribution is 2.46. The second kappa shape index (κ2) is 6.23. The molecule has 0 radical (unpaired) electrons. The predicted octanol–water partition coefficient (Wildman–Crippen LogP) is 0.612. The van der Waals surface area contributed by atoms with Gasteiger partial charge in [0.05, 0.1) is 6.61 Å². The Morgan fingerprint density at radius 1 is 1.07 bits per heavy atom. The molecule has 0 bridgehead atoms. The third-order valence-corrected chi connectivity index (χ3v) is 5.42. The lowest BCUT2D eigenvalue weighted by molar-refractivity contribution is -0.251. The molecule has 1 N–H and O–H groups in total. The summed E-state index contributed by atoms with van der Waals surface area (Å²) < 4.78 is 92.0. The van der Waals surface area contributed by atoms with Gasteiger partial charge in [0.15, 0.2) is 17.9 Å². The van der Waals surface area contributed by atoms with Crippen molar-refractivity contribution in [2.24, 2.45) is 0 Å². The zero-order valence-electron chi connectivity index (χ0n) is 15.0. The molecule has 0 aromatic heterocycles. The summed E-state index contributed by atoms with van der Waals surface area (Å²) in [7, 11) is -5.93. The summed E-state index contributed by atoms with van der Waals surface area (Å²) in [6, 6.07) is 0. The maximum atomic E-state index is 12.6. The maximum Gasteiger partial charge on any atom is 0.523 e. The van der Waals surface area contributed by atoms with Gasteiger partial charge >= 0.3 is 15.6 Å². The van der Waals surface area contributed by atoms with Crippen LogP contribution < -0.4 is 0 Å². The predicted molar refractivity (Wildman–Crippen MR) is 79.5 cm³/mol. The molecule has 3 rings (SSSR count). The minimum Gasteiger partial charge on any atom is -0.382 e. The number of halogens is 3. The Balaban J connectivity index is 1.86. The number of alkyl halides is 3. The van der Waals surface area contributed by atoms with E-state index in [-0.39, 0.29) is 6.61 Å². The molecule has 158 valence electrons. The number of aliphatic hydroxyl groups is 1. The third kappa shape index (κ3) is 3.83. The molecular weight excluding hydrogens is 401 g/mol. The van der Waals surface area contributed by atoms with Gasteiger partial charge in [-0.3, -0.25) is 4.18 Å². The molecule has 0 saturated carbocycles. The lowest BCUT2D eigenvalue weighted by Gasteiger charge is -2.35. The summed E-state index contributed by atoms with van der Waals surface area (Å²) in [6.07, 6.45) is -4.68. The molecule has 0 aliphatic carbocycles. The van der Waals surface area contributed by atoms with Gasteiger partial charge in [0.1, 0.15) is 30.5 Å². The highest BCUT2D eigenvalue weighted by Gasteiger charge is 2.67. The first-order valence-corrected chi connectivity index (χ1v) is 9.48. The van der Waals surface area contributed by atoms with E-state index in [4.69, 9.17) is 23.7 Å². The normalized spacial score (nSPS) is 41.0. The van der Waals surface area contributed by atoms with E-state index in [9.17, 15) is 26.7 Å². The standard InChI is InChI=1S/C14H21F3O9S/c1-11(2)21-5-7(24-11)8-13(18,6-22-27(19,20)14(15,16)17)9-10(23-8)26-12(3,4)25-9/h7-10,18H,5-6H2,1-4H3/t7-,8-,9+,10-,13+/m1/s1. The van der Waals surface area contributed by atoms with E-state index in [1.165, 1.54) is 13.8 Å². The van der Waals surface area contributed by atoms with Gasteiger partial charge in [-0.25, -0.2) is 0 Å². The van der Waals surface area contributed by atoms with Crippen LogP contribution in [0, 0.1) is 0 Å². The Morgan fingerprint density at radius 3 is 2.22 bits per heavy atom. The molecular formula is C14H21F3O9S. The van der Waals surface area contributed by atoms with Crippen LogP contribution in [0.25, 0.3) is 0 Å². The smallest absolute Gasteiger partial charge is 0.382 e. The van der Waals surface area contributed by atoms with Gasteiger partial charge < -0.3 is 28.8 Å². The van der Waals surface area contributed by atoms with E-state index in [1.807, 2.05) is 0 Å². The van der Waals surface area contributed by atoms with Crippen LogP contribution in [0.15, 0.2) is 0 Å². The molecule has 0 spiro atoms. The zero-order chi connectivity index (χ0) is 20.5. The van der Waals surface area contributed by atoms with E-state index in [0.29, 0.717) is 0 Å². The molecule has 27 heavy (non-hydrogen) atoms. The van der Waals surface area contributed by atoms with Gasteiger partial charge in [0.25, 0.3) is 0 Å². The van der Waals surface area contributed by atoms with E-state index in [0.717, 1.165) is 0 Å². The summed E-state index contributed by atoms with van der Waals surface area (Å²) in [5, 5.41) is 11.1. The van der Waals surface area contributed by atoms with Crippen LogP contribution in [0.4, 0.5) is 13.2 Å². The SMILES string of the molecule is CC1(C)OC[C@H]([C@H]2O[C@@H]3OC(C)(C)O[C@@H]3[C@]2(O)COS(=O)(=O)C(F)(F)F)O1. The summed E-state index contributed by atoms with van der Waals surface area (Å²) in [5.74, 6) is -2.23. The summed E-state index contributed by atoms with van der Waals surface area (Å²) in [5.41, 5.74) is -7.94. The summed E-state index contributed by atoms with van der Waals surface area (Å²) >= 11 is 0. The second-order valence-corrected chi connectivity index (χ2v) is 9.11. The minimum atomic E-state index is -5.93. The fraction of sp³-hybridized carbons (Fsp3) is 1.00. The molecule has 5 atom stereocenters. The number of hydrogen-bond donors (Lipinski definition) is 1. The molecule has 3 aliphatic rings. The van der Waals surface area contributed by atoms with Crippen LogP contribution in [-0.2, 0) is 38.0 Å². The Morgan fingerprint density at radius 2 is 1.70 bits per heavy atom. The van der Waals surface area contributed by atoms with Gasteiger partial charge in [0.2, 0.25) is 0 Å². The van der Waals surface area contributed by atoms with E-state index < -0.39 is 64.0 Å². The molecule has 3 fully saturated rings. The maximum absolute atomic E-state index is 12.6. The number of fused-ring (bicyclic) bond motifs is 1. The molecule has 0 aromatic rings. The third-order valence-electron chi connectivity index (χ3n) is 4.42. The van der Waals surface area contributed by atoms with E-state index in [1.54, 1.807) is 13.8 Å². The molecule has 3 aliphatic heterocycles. The van der Waals surface area contributed by atoms with Crippen molar-refractivity contribution in [1.29, 1.82) is 0 Å². The topological polar surface area (TPSA) is 110 Å². The van der Waals surface area contributed by atoms with Gasteiger partial charge in [-0.15, -0.1) is 0 Å². The molecule has 3 saturated heterocycles. The monoisotopic (exact) mass is 422 g/mol. The average Bonchev–Trinajstić information content (AvgIpc) is 3.07. The number of rotatable bonds is 4. The van der Waals surface area contributed by atoms with E-state index >= 15 is 0 Å². The zero-order valence-corrected chi connectivity index (χ0v) is 15.8.